The van der Waals surface area contributed by atoms with Crippen molar-refractivity contribution in [1.29, 1.82) is 0 Å². The SMILES string of the molecule is CC(CCl)CNCC1CCCCO1. The molecule has 2 atom stereocenters. The average Bonchev–Trinajstić information content (AvgIpc) is 2.19. The molecule has 13 heavy (non-hydrogen) atoms. The molecule has 0 aliphatic carbocycles. The number of ether oxygens (including phenoxy) is 1. The average molecular weight is 206 g/mol. The molecule has 2 unspecified atom stereocenters. The molecule has 1 aliphatic heterocycles. The highest BCUT2D eigenvalue weighted by molar-refractivity contribution is 6.18. The van der Waals surface area contributed by atoms with E-state index >= 15 is 0 Å². The maximum atomic E-state index is 5.70. The summed E-state index contributed by atoms with van der Waals surface area (Å²) in [4.78, 5) is 0. The minimum Gasteiger partial charge on any atom is -0.377 e. The number of rotatable bonds is 5. The lowest BCUT2D eigenvalue weighted by Gasteiger charge is -2.23. The van der Waals surface area contributed by atoms with E-state index in [9.17, 15) is 0 Å². The zero-order chi connectivity index (χ0) is 9.52. The molecule has 0 aromatic heterocycles. The maximum Gasteiger partial charge on any atom is 0.0699 e. The Morgan fingerprint density at radius 2 is 2.38 bits per heavy atom. The molecular weight excluding hydrogens is 186 g/mol. The third kappa shape index (κ3) is 4.84. The van der Waals surface area contributed by atoms with Crippen LogP contribution in [0.3, 0.4) is 0 Å². The van der Waals surface area contributed by atoms with Gasteiger partial charge >= 0.3 is 0 Å². The molecule has 1 heterocycles. The number of hydrogen-bond acceptors (Lipinski definition) is 2. The summed E-state index contributed by atoms with van der Waals surface area (Å²) in [7, 11) is 0. The zero-order valence-electron chi connectivity index (χ0n) is 8.39. The Morgan fingerprint density at radius 3 is 3.00 bits per heavy atom. The molecule has 0 aromatic carbocycles. The van der Waals surface area contributed by atoms with E-state index in [4.69, 9.17) is 16.3 Å². The van der Waals surface area contributed by atoms with Gasteiger partial charge in [0.2, 0.25) is 0 Å². The molecule has 1 rings (SSSR count). The first-order valence-corrected chi connectivity index (χ1v) is 5.74. The van der Waals surface area contributed by atoms with Crippen LogP contribution in [0.25, 0.3) is 0 Å². The predicted molar refractivity (Wildman–Crippen MR) is 56.3 cm³/mol. The molecule has 0 radical (unpaired) electrons. The summed E-state index contributed by atoms with van der Waals surface area (Å²) in [5.74, 6) is 1.30. The van der Waals surface area contributed by atoms with Crippen molar-refractivity contribution in [2.24, 2.45) is 5.92 Å². The molecule has 0 amide bonds. The summed E-state index contributed by atoms with van der Waals surface area (Å²) in [6.07, 6.45) is 4.20. The van der Waals surface area contributed by atoms with Gasteiger partial charge < -0.3 is 10.1 Å². The first-order valence-electron chi connectivity index (χ1n) is 5.21. The van der Waals surface area contributed by atoms with Crippen LogP contribution in [0.15, 0.2) is 0 Å². The molecule has 0 bridgehead atoms. The normalized spacial score (nSPS) is 25.8. The van der Waals surface area contributed by atoms with E-state index < -0.39 is 0 Å². The Hall–Kier alpha value is 0.210. The standard InChI is InChI=1S/C10H20ClNO/c1-9(6-11)7-12-8-10-4-2-3-5-13-10/h9-10,12H,2-8H2,1H3. The minimum atomic E-state index is 0.441. The molecule has 1 aliphatic rings. The third-order valence-corrected chi connectivity index (χ3v) is 2.93. The number of hydrogen-bond donors (Lipinski definition) is 1. The second kappa shape index (κ2) is 6.63. The van der Waals surface area contributed by atoms with Crippen LogP contribution in [-0.4, -0.2) is 31.7 Å². The molecule has 1 fully saturated rings. The third-order valence-electron chi connectivity index (χ3n) is 2.40. The van der Waals surface area contributed by atoms with Crippen LogP contribution < -0.4 is 5.32 Å². The topological polar surface area (TPSA) is 21.3 Å². The quantitative estimate of drug-likeness (QED) is 0.694. The predicted octanol–water partition coefficient (Wildman–Crippen LogP) is 2.02. The summed E-state index contributed by atoms with van der Waals surface area (Å²) < 4.78 is 5.60. The highest BCUT2D eigenvalue weighted by Gasteiger charge is 2.13. The van der Waals surface area contributed by atoms with Crippen LogP contribution in [0.5, 0.6) is 0 Å². The van der Waals surface area contributed by atoms with Gasteiger partial charge in [-0.15, -0.1) is 11.6 Å². The lowest BCUT2D eigenvalue weighted by Crippen LogP contribution is -2.34. The van der Waals surface area contributed by atoms with Crippen molar-refractivity contribution in [2.45, 2.75) is 32.3 Å². The fourth-order valence-corrected chi connectivity index (χ4v) is 1.62. The fraction of sp³-hybridized carbons (Fsp3) is 1.00. The molecular formula is C10H20ClNO. The lowest BCUT2D eigenvalue weighted by atomic mass is 10.1. The van der Waals surface area contributed by atoms with Gasteiger partial charge in [0.1, 0.15) is 0 Å². The van der Waals surface area contributed by atoms with Crippen LogP contribution in [0, 0.1) is 5.92 Å². The first-order chi connectivity index (χ1) is 6.33. The Bertz CT molecular complexity index is 126. The molecule has 1 N–H and O–H groups in total. The van der Waals surface area contributed by atoms with Crippen molar-refractivity contribution in [1.82, 2.24) is 5.32 Å². The summed E-state index contributed by atoms with van der Waals surface area (Å²) >= 11 is 5.70. The number of alkyl halides is 1. The Morgan fingerprint density at radius 1 is 1.54 bits per heavy atom. The second-order valence-electron chi connectivity index (χ2n) is 3.91. The first kappa shape index (κ1) is 11.3. The van der Waals surface area contributed by atoms with Crippen molar-refractivity contribution < 1.29 is 4.74 Å². The van der Waals surface area contributed by atoms with Crippen molar-refractivity contribution in [3.8, 4) is 0 Å². The van der Waals surface area contributed by atoms with Crippen LogP contribution in [0.1, 0.15) is 26.2 Å². The monoisotopic (exact) mass is 205 g/mol. The van der Waals surface area contributed by atoms with Gasteiger partial charge in [0, 0.05) is 19.0 Å². The fourth-order valence-electron chi connectivity index (χ4n) is 1.51. The van der Waals surface area contributed by atoms with Crippen LogP contribution in [0.2, 0.25) is 0 Å². The van der Waals surface area contributed by atoms with E-state index in [2.05, 4.69) is 12.2 Å². The largest absolute Gasteiger partial charge is 0.377 e. The van der Waals surface area contributed by atoms with E-state index in [1.54, 1.807) is 0 Å². The summed E-state index contributed by atoms with van der Waals surface area (Å²) in [5, 5.41) is 3.40. The Labute approximate surface area is 86.0 Å². The molecule has 2 nitrogen and oxygen atoms in total. The van der Waals surface area contributed by atoms with Gasteiger partial charge in [0.25, 0.3) is 0 Å². The Balaban J connectivity index is 1.98. The van der Waals surface area contributed by atoms with Crippen LogP contribution in [0.4, 0.5) is 0 Å². The maximum absolute atomic E-state index is 5.70. The molecule has 0 spiro atoms. The highest BCUT2D eigenvalue weighted by Crippen LogP contribution is 2.11. The van der Waals surface area contributed by atoms with Gasteiger partial charge in [0.15, 0.2) is 0 Å². The van der Waals surface area contributed by atoms with Crippen LogP contribution >= 0.6 is 11.6 Å². The van der Waals surface area contributed by atoms with Crippen molar-refractivity contribution in [3.63, 3.8) is 0 Å². The van der Waals surface area contributed by atoms with Gasteiger partial charge in [-0.2, -0.15) is 0 Å². The van der Waals surface area contributed by atoms with E-state index in [0.717, 1.165) is 25.6 Å². The molecule has 0 saturated carbocycles. The van der Waals surface area contributed by atoms with Gasteiger partial charge in [-0.1, -0.05) is 6.92 Å². The Kier molecular flexibility index (Phi) is 5.76. The van der Waals surface area contributed by atoms with Crippen LogP contribution in [-0.2, 0) is 4.74 Å². The van der Waals surface area contributed by atoms with E-state index in [0.29, 0.717) is 12.0 Å². The summed E-state index contributed by atoms with van der Waals surface area (Å²) in [5.41, 5.74) is 0. The number of nitrogens with one attached hydrogen (secondary N) is 1. The van der Waals surface area contributed by atoms with Gasteiger partial charge in [-0.3, -0.25) is 0 Å². The zero-order valence-corrected chi connectivity index (χ0v) is 9.15. The smallest absolute Gasteiger partial charge is 0.0699 e. The summed E-state index contributed by atoms with van der Waals surface area (Å²) in [6, 6.07) is 0. The number of halogens is 1. The van der Waals surface area contributed by atoms with Crippen molar-refractivity contribution in [3.05, 3.63) is 0 Å². The summed E-state index contributed by atoms with van der Waals surface area (Å²) in [6.45, 7) is 5.09. The lowest BCUT2D eigenvalue weighted by molar-refractivity contribution is 0.0167. The molecule has 78 valence electrons. The van der Waals surface area contributed by atoms with E-state index in [1.807, 2.05) is 0 Å². The van der Waals surface area contributed by atoms with Gasteiger partial charge in [-0.05, 0) is 31.7 Å². The molecule has 3 heteroatoms. The van der Waals surface area contributed by atoms with E-state index in [-0.39, 0.29) is 0 Å². The van der Waals surface area contributed by atoms with Crippen molar-refractivity contribution in [2.75, 3.05) is 25.6 Å². The van der Waals surface area contributed by atoms with E-state index in [1.165, 1.54) is 19.3 Å². The molecule has 1 saturated heterocycles. The van der Waals surface area contributed by atoms with Crippen molar-refractivity contribution >= 4 is 11.6 Å². The van der Waals surface area contributed by atoms with Gasteiger partial charge in [0.05, 0.1) is 6.10 Å². The highest BCUT2D eigenvalue weighted by atomic mass is 35.5. The molecule has 0 aromatic rings. The second-order valence-corrected chi connectivity index (χ2v) is 4.21. The minimum absolute atomic E-state index is 0.441. The van der Waals surface area contributed by atoms with Gasteiger partial charge in [-0.25, -0.2) is 0 Å².